The highest BCUT2D eigenvalue weighted by Crippen LogP contribution is 2.73. The molecule has 0 amide bonds. The summed E-state index contributed by atoms with van der Waals surface area (Å²) in [6, 6.07) is 0. The Bertz CT molecular complexity index is 292. The molecule has 80 valence electrons. The molecule has 0 aliphatic heterocycles. The van der Waals surface area contributed by atoms with Gasteiger partial charge in [0.05, 0.1) is 5.38 Å². The molecule has 0 aromatic heterocycles. The summed E-state index contributed by atoms with van der Waals surface area (Å²) in [4.78, 5) is -2.49. The van der Waals surface area contributed by atoms with Gasteiger partial charge >= 0.3 is 0 Å². The van der Waals surface area contributed by atoms with Crippen molar-refractivity contribution in [3.05, 3.63) is 12.2 Å². The van der Waals surface area contributed by atoms with Crippen molar-refractivity contribution >= 4 is 81.2 Å². The van der Waals surface area contributed by atoms with Gasteiger partial charge in [0.25, 0.3) is 0 Å². The van der Waals surface area contributed by atoms with Gasteiger partial charge in [0.15, 0.2) is 8.67 Å². The molecule has 7 heteroatoms. The monoisotopic (exact) mass is 332 g/mol. The van der Waals surface area contributed by atoms with Crippen molar-refractivity contribution in [1.82, 2.24) is 0 Å². The zero-order valence-corrected chi connectivity index (χ0v) is 11.7. The molecule has 2 aliphatic carbocycles. The minimum Gasteiger partial charge on any atom is -0.118 e. The lowest BCUT2D eigenvalue weighted by molar-refractivity contribution is 0.648. The number of hydrogen-bond acceptors (Lipinski definition) is 0. The minimum atomic E-state index is -1.63. The molecule has 0 aromatic carbocycles. The third-order valence-corrected chi connectivity index (χ3v) is 7.99. The summed E-state index contributed by atoms with van der Waals surface area (Å²) >= 11 is 42.5. The second-order valence-electron chi connectivity index (χ2n) is 3.38. The van der Waals surface area contributed by atoms with Crippen LogP contribution in [0.5, 0.6) is 0 Å². The molecule has 0 heterocycles. The third-order valence-electron chi connectivity index (χ3n) is 2.66. The first-order chi connectivity index (χ1) is 6.11. The van der Waals surface area contributed by atoms with E-state index in [1.54, 1.807) is 12.2 Å². The highest BCUT2D eigenvalue weighted by Gasteiger charge is 2.82. The molecule has 2 atom stereocenters. The topological polar surface area (TPSA) is 0 Å². The molecule has 14 heavy (non-hydrogen) atoms. The normalized spacial score (nSPS) is 52.6. The highest BCUT2D eigenvalue weighted by molar-refractivity contribution is 6.71. The Hall–Kier alpha value is 1.77. The summed E-state index contributed by atoms with van der Waals surface area (Å²) in [5.74, 6) is 0. The van der Waals surface area contributed by atoms with Gasteiger partial charge in [-0.1, -0.05) is 58.6 Å². The predicted octanol–water partition coefficient (Wildman–Crippen LogP) is 4.48. The second kappa shape index (κ2) is 2.96. The van der Waals surface area contributed by atoms with E-state index in [2.05, 4.69) is 0 Å². The maximum atomic E-state index is 6.18. The first kappa shape index (κ1) is 12.2. The number of fused-ring (bicyclic) bond motifs is 2. The third kappa shape index (κ3) is 0.984. The summed E-state index contributed by atoms with van der Waals surface area (Å²) in [5.41, 5.74) is 0. The summed E-state index contributed by atoms with van der Waals surface area (Å²) in [5, 5.41) is -0.761. The number of alkyl halides is 7. The maximum Gasteiger partial charge on any atom is 0.177 e. The first-order valence-corrected chi connectivity index (χ1v) is 6.29. The Morgan fingerprint density at radius 3 is 1.14 bits per heavy atom. The smallest absolute Gasteiger partial charge is 0.118 e. The number of rotatable bonds is 0. The van der Waals surface area contributed by atoms with Crippen molar-refractivity contribution in [3.8, 4) is 0 Å². The van der Waals surface area contributed by atoms with Crippen molar-refractivity contribution in [2.75, 3.05) is 0 Å². The first-order valence-electron chi connectivity index (χ1n) is 3.59. The molecule has 2 unspecified atom stereocenters. The van der Waals surface area contributed by atoms with Gasteiger partial charge < -0.3 is 0 Å². The van der Waals surface area contributed by atoms with Crippen LogP contribution in [0.4, 0.5) is 0 Å². The van der Waals surface area contributed by atoms with Crippen LogP contribution >= 0.6 is 81.2 Å². The summed E-state index contributed by atoms with van der Waals surface area (Å²) in [7, 11) is 0. The van der Waals surface area contributed by atoms with Gasteiger partial charge in [-0.15, -0.1) is 34.8 Å². The molecular weight excluding hydrogens is 332 g/mol. The average Bonchev–Trinajstić information content (AvgIpc) is 2.34. The molecule has 0 nitrogen and oxygen atoms in total. The molecule has 0 saturated heterocycles. The molecule has 0 radical (unpaired) electrons. The summed E-state index contributed by atoms with van der Waals surface area (Å²) in [6.07, 6.45) is 3.09. The van der Waals surface area contributed by atoms with Crippen LogP contribution in [-0.4, -0.2) is 23.8 Å². The van der Waals surface area contributed by atoms with Crippen molar-refractivity contribution in [2.45, 2.75) is 23.8 Å². The molecule has 0 spiro atoms. The van der Waals surface area contributed by atoms with Gasteiger partial charge in [-0.25, -0.2) is 0 Å². The van der Waals surface area contributed by atoms with Crippen LogP contribution in [0.25, 0.3) is 0 Å². The SMILES string of the molecule is ClC1C2(Cl)C=CC1(Cl)C(Cl)(Cl)C2(Cl)Cl. The summed E-state index contributed by atoms with van der Waals surface area (Å²) < 4.78 is -3.26. The zero-order valence-electron chi connectivity index (χ0n) is 6.38. The van der Waals surface area contributed by atoms with E-state index in [9.17, 15) is 0 Å². The van der Waals surface area contributed by atoms with Gasteiger partial charge in [0.2, 0.25) is 0 Å². The van der Waals surface area contributed by atoms with E-state index < -0.39 is 23.8 Å². The fourth-order valence-corrected chi connectivity index (χ4v) is 4.74. The van der Waals surface area contributed by atoms with Crippen molar-refractivity contribution < 1.29 is 0 Å². The fraction of sp³-hybridized carbons (Fsp3) is 0.714. The molecule has 1 saturated carbocycles. The lowest BCUT2D eigenvalue weighted by atomic mass is 10.0. The quantitative estimate of drug-likeness (QED) is 0.452. The summed E-state index contributed by atoms with van der Waals surface area (Å²) in [6.45, 7) is 0. The van der Waals surface area contributed by atoms with Crippen LogP contribution in [0, 0.1) is 0 Å². The van der Waals surface area contributed by atoms with E-state index in [1.807, 2.05) is 0 Å². The van der Waals surface area contributed by atoms with E-state index in [-0.39, 0.29) is 0 Å². The fourth-order valence-electron chi connectivity index (χ4n) is 1.73. The molecule has 0 N–H and O–H groups in total. The Morgan fingerprint density at radius 2 is 1.00 bits per heavy atom. The van der Waals surface area contributed by atoms with E-state index >= 15 is 0 Å². The molecule has 2 aliphatic rings. The predicted molar refractivity (Wildman–Crippen MR) is 64.8 cm³/mol. The van der Waals surface area contributed by atoms with Gasteiger partial charge in [0.1, 0.15) is 9.75 Å². The van der Waals surface area contributed by atoms with Gasteiger partial charge in [-0.2, -0.15) is 0 Å². The van der Waals surface area contributed by atoms with Crippen LogP contribution < -0.4 is 0 Å². The van der Waals surface area contributed by atoms with Gasteiger partial charge in [-0.05, 0) is 0 Å². The Labute approximate surface area is 116 Å². The number of allylic oxidation sites excluding steroid dienone is 2. The van der Waals surface area contributed by atoms with E-state index in [0.717, 1.165) is 0 Å². The van der Waals surface area contributed by atoms with Crippen molar-refractivity contribution in [1.29, 1.82) is 0 Å². The largest absolute Gasteiger partial charge is 0.177 e. The molecule has 1 fully saturated rings. The Kier molecular flexibility index (Phi) is 2.58. The van der Waals surface area contributed by atoms with Crippen LogP contribution in [0.3, 0.4) is 0 Å². The van der Waals surface area contributed by atoms with Crippen molar-refractivity contribution in [3.63, 3.8) is 0 Å². The lowest BCUT2D eigenvalue weighted by Crippen LogP contribution is -2.51. The van der Waals surface area contributed by atoms with Crippen LogP contribution in [-0.2, 0) is 0 Å². The average molecular weight is 335 g/mol. The molecular formula is C7H3Cl7. The number of hydrogen-bond donors (Lipinski definition) is 0. The standard InChI is InChI=1S/C7H3Cl7/c8-3-4(9)1-2-5(3,10)7(13,14)6(4,11)12/h1-3H. The Balaban J connectivity index is 2.69. The molecule has 2 bridgehead atoms. The Morgan fingerprint density at radius 1 is 0.714 bits per heavy atom. The number of halogens is 7. The molecule has 2 rings (SSSR count). The van der Waals surface area contributed by atoms with E-state index in [4.69, 9.17) is 81.2 Å². The van der Waals surface area contributed by atoms with Gasteiger partial charge in [0, 0.05) is 0 Å². The highest BCUT2D eigenvalue weighted by atomic mass is 35.5. The minimum absolute atomic E-state index is 0.761. The van der Waals surface area contributed by atoms with E-state index in [0.29, 0.717) is 0 Å². The van der Waals surface area contributed by atoms with Gasteiger partial charge in [-0.3, -0.25) is 0 Å². The zero-order chi connectivity index (χ0) is 11.0. The molecule has 0 aromatic rings. The maximum absolute atomic E-state index is 6.18. The van der Waals surface area contributed by atoms with Crippen molar-refractivity contribution in [2.24, 2.45) is 0 Å². The van der Waals surface area contributed by atoms with Crippen LogP contribution in [0.15, 0.2) is 12.2 Å². The van der Waals surface area contributed by atoms with E-state index in [1.165, 1.54) is 0 Å². The van der Waals surface area contributed by atoms with Crippen LogP contribution in [0.2, 0.25) is 0 Å². The second-order valence-corrected chi connectivity index (χ2v) is 7.72. The van der Waals surface area contributed by atoms with Crippen LogP contribution in [0.1, 0.15) is 0 Å². The lowest BCUT2D eigenvalue weighted by Gasteiger charge is -2.39.